The molecule has 28 heavy (non-hydrogen) atoms. The van der Waals surface area contributed by atoms with Gasteiger partial charge in [0.05, 0.1) is 5.56 Å². The van der Waals surface area contributed by atoms with E-state index in [4.69, 9.17) is 4.74 Å². The molecule has 1 amide bonds. The van der Waals surface area contributed by atoms with Crippen molar-refractivity contribution in [3.05, 3.63) is 46.2 Å². The van der Waals surface area contributed by atoms with Gasteiger partial charge in [0.15, 0.2) is 6.61 Å². The zero-order valence-electron chi connectivity index (χ0n) is 16.6. The van der Waals surface area contributed by atoms with Crippen LogP contribution < -0.4 is 5.56 Å². The Bertz CT molecular complexity index is 1010. The van der Waals surface area contributed by atoms with Crippen molar-refractivity contribution in [2.75, 3.05) is 13.2 Å². The van der Waals surface area contributed by atoms with Gasteiger partial charge in [-0.1, -0.05) is 39.0 Å². The van der Waals surface area contributed by atoms with E-state index in [0.717, 1.165) is 19.3 Å². The highest BCUT2D eigenvalue weighted by Gasteiger charge is 2.50. The van der Waals surface area contributed by atoms with Crippen LogP contribution in [0, 0.1) is 10.8 Å². The minimum Gasteiger partial charge on any atom is -0.452 e. The number of amides is 1. The second kappa shape index (κ2) is 6.47. The Morgan fingerprint density at radius 1 is 1.21 bits per heavy atom. The first-order valence-electron chi connectivity index (χ1n) is 9.75. The molecule has 1 saturated heterocycles. The Morgan fingerprint density at radius 3 is 2.75 bits per heavy atom. The largest absolute Gasteiger partial charge is 0.452 e. The number of hydrogen-bond donors (Lipinski definition) is 1. The molecule has 1 aromatic carbocycles. The number of benzene rings is 1. The molecule has 0 radical (unpaired) electrons. The first-order valence-corrected chi connectivity index (χ1v) is 9.75. The summed E-state index contributed by atoms with van der Waals surface area (Å²) in [5.74, 6) is -0.807. The number of esters is 1. The number of nitrogens with zero attached hydrogens (tertiary/aromatic N) is 1. The molecule has 1 aliphatic heterocycles. The lowest BCUT2D eigenvalue weighted by molar-refractivity contribution is -0.135. The number of pyridine rings is 1. The van der Waals surface area contributed by atoms with Crippen molar-refractivity contribution in [1.29, 1.82) is 0 Å². The maximum Gasteiger partial charge on any atom is 0.339 e. The summed E-state index contributed by atoms with van der Waals surface area (Å²) in [6.45, 7) is 7.16. The number of ether oxygens (including phenoxy) is 1. The molecule has 2 bridgehead atoms. The molecule has 0 spiro atoms. The van der Waals surface area contributed by atoms with Gasteiger partial charge in [0.25, 0.3) is 5.91 Å². The number of aromatic nitrogens is 1. The number of carbonyl (C=O) groups is 2. The lowest BCUT2D eigenvalue weighted by Crippen LogP contribution is -2.39. The van der Waals surface area contributed by atoms with Gasteiger partial charge >= 0.3 is 5.97 Å². The van der Waals surface area contributed by atoms with Crippen LogP contribution in [0.4, 0.5) is 0 Å². The summed E-state index contributed by atoms with van der Waals surface area (Å²) in [7, 11) is 0. The summed E-state index contributed by atoms with van der Waals surface area (Å²) in [6.07, 6.45) is 3.08. The lowest BCUT2D eigenvalue weighted by atomic mass is 9.65. The van der Waals surface area contributed by atoms with Crippen molar-refractivity contribution in [3.8, 4) is 0 Å². The van der Waals surface area contributed by atoms with Gasteiger partial charge in [-0.15, -0.1) is 0 Å². The first kappa shape index (κ1) is 18.7. The molecule has 6 heteroatoms. The van der Waals surface area contributed by atoms with Crippen LogP contribution in [0.3, 0.4) is 0 Å². The number of hydrogen-bond acceptors (Lipinski definition) is 4. The molecule has 2 atom stereocenters. The van der Waals surface area contributed by atoms with Gasteiger partial charge in [0.1, 0.15) is 0 Å². The molecule has 1 saturated carbocycles. The summed E-state index contributed by atoms with van der Waals surface area (Å²) in [4.78, 5) is 41.8. The van der Waals surface area contributed by atoms with E-state index >= 15 is 0 Å². The highest BCUT2D eigenvalue weighted by atomic mass is 16.5. The third-order valence-electron chi connectivity index (χ3n) is 6.03. The number of fused-ring (bicyclic) bond motifs is 3. The summed E-state index contributed by atoms with van der Waals surface area (Å²) >= 11 is 0. The fourth-order valence-electron chi connectivity index (χ4n) is 5.41. The Balaban J connectivity index is 1.48. The van der Waals surface area contributed by atoms with Crippen molar-refractivity contribution >= 4 is 22.8 Å². The number of carbonyl (C=O) groups excluding carboxylic acids is 2. The Labute approximate surface area is 163 Å². The van der Waals surface area contributed by atoms with Crippen molar-refractivity contribution in [1.82, 2.24) is 9.88 Å². The van der Waals surface area contributed by atoms with Crippen LogP contribution in [-0.4, -0.2) is 41.0 Å². The second-order valence-corrected chi connectivity index (χ2v) is 9.40. The second-order valence-electron chi connectivity index (χ2n) is 9.40. The maximum absolute atomic E-state index is 12.8. The number of nitrogens with one attached hydrogen (secondary N) is 1. The number of likely N-dealkylation sites (tertiary alicyclic amines) is 1. The minimum atomic E-state index is -0.649. The van der Waals surface area contributed by atoms with E-state index in [1.54, 1.807) is 24.3 Å². The van der Waals surface area contributed by atoms with E-state index in [0.29, 0.717) is 17.4 Å². The van der Waals surface area contributed by atoms with E-state index in [2.05, 4.69) is 25.8 Å². The highest BCUT2D eigenvalue weighted by molar-refractivity contribution is 6.03. The maximum atomic E-state index is 12.8. The Hall–Kier alpha value is -2.63. The van der Waals surface area contributed by atoms with Crippen LogP contribution in [0.2, 0.25) is 0 Å². The zero-order chi connectivity index (χ0) is 20.1. The zero-order valence-corrected chi connectivity index (χ0v) is 16.6. The number of rotatable bonds is 3. The lowest BCUT2D eigenvalue weighted by Gasteiger charge is -2.39. The number of para-hydroxylation sites is 1. The van der Waals surface area contributed by atoms with Gasteiger partial charge in [0.2, 0.25) is 5.56 Å². The Morgan fingerprint density at radius 2 is 1.96 bits per heavy atom. The smallest absolute Gasteiger partial charge is 0.339 e. The quantitative estimate of drug-likeness (QED) is 0.827. The van der Waals surface area contributed by atoms with Crippen LogP contribution in [0.15, 0.2) is 35.1 Å². The number of aromatic amines is 1. The third kappa shape index (κ3) is 3.43. The van der Waals surface area contributed by atoms with Crippen LogP contribution in [-0.2, 0) is 9.53 Å². The molecule has 148 valence electrons. The predicted molar refractivity (Wildman–Crippen MR) is 106 cm³/mol. The molecule has 2 aromatic rings. The predicted octanol–water partition coefficient (Wildman–Crippen LogP) is 3.11. The van der Waals surface area contributed by atoms with E-state index < -0.39 is 5.97 Å². The van der Waals surface area contributed by atoms with Gasteiger partial charge in [-0.3, -0.25) is 9.59 Å². The van der Waals surface area contributed by atoms with E-state index in [-0.39, 0.29) is 40.5 Å². The summed E-state index contributed by atoms with van der Waals surface area (Å²) < 4.78 is 5.32. The van der Waals surface area contributed by atoms with E-state index in [1.807, 2.05) is 4.90 Å². The SMILES string of the molecule is CC1(C)C[C@@H]2C[C@@](C)(CN2C(=O)COC(=O)c2cc(=O)[nH]c3ccccc23)C1. The molecule has 1 N–H and O–H groups in total. The highest BCUT2D eigenvalue weighted by Crippen LogP contribution is 2.52. The average Bonchev–Trinajstić information content (AvgIpc) is 2.87. The van der Waals surface area contributed by atoms with Gasteiger partial charge in [-0.05, 0) is 36.2 Å². The van der Waals surface area contributed by atoms with Gasteiger partial charge in [-0.25, -0.2) is 4.79 Å². The molecule has 2 heterocycles. The van der Waals surface area contributed by atoms with E-state index in [9.17, 15) is 14.4 Å². The van der Waals surface area contributed by atoms with Crippen molar-refractivity contribution in [2.24, 2.45) is 10.8 Å². The normalized spacial score (nSPS) is 25.7. The van der Waals surface area contributed by atoms with Crippen molar-refractivity contribution in [2.45, 2.75) is 46.1 Å². The fraction of sp³-hybridized carbons (Fsp3) is 0.500. The van der Waals surface area contributed by atoms with Gasteiger partial charge in [-0.2, -0.15) is 0 Å². The number of H-pyrrole nitrogens is 1. The van der Waals surface area contributed by atoms with Crippen LogP contribution in [0.5, 0.6) is 0 Å². The molecule has 6 nitrogen and oxygen atoms in total. The Kier molecular flexibility index (Phi) is 4.32. The summed E-state index contributed by atoms with van der Waals surface area (Å²) in [5.41, 5.74) is 0.722. The molecular weight excluding hydrogens is 356 g/mol. The molecule has 1 aromatic heterocycles. The average molecular weight is 382 g/mol. The molecule has 2 aliphatic rings. The minimum absolute atomic E-state index is 0.134. The first-order chi connectivity index (χ1) is 13.2. The molecule has 1 aliphatic carbocycles. The summed E-state index contributed by atoms with van der Waals surface area (Å²) in [6, 6.07) is 8.48. The van der Waals surface area contributed by atoms with Crippen LogP contribution in [0.1, 0.15) is 50.4 Å². The third-order valence-corrected chi connectivity index (χ3v) is 6.03. The van der Waals surface area contributed by atoms with Crippen molar-refractivity contribution < 1.29 is 14.3 Å². The summed E-state index contributed by atoms with van der Waals surface area (Å²) in [5, 5.41) is 0.603. The van der Waals surface area contributed by atoms with E-state index in [1.165, 1.54) is 6.07 Å². The molecular formula is C22H26N2O4. The molecule has 4 rings (SSSR count). The monoisotopic (exact) mass is 382 g/mol. The van der Waals surface area contributed by atoms with Crippen LogP contribution in [0.25, 0.3) is 10.9 Å². The standard InChI is InChI=1S/C22H26N2O4/c1-21(2)9-14-10-22(3,12-21)13-24(14)19(26)11-28-20(27)16-8-18(25)23-17-7-5-4-6-15(16)17/h4-8,14H,9-13H2,1-3H3,(H,23,25)/t14-,22-/m1/s1. The van der Waals surface area contributed by atoms with Crippen molar-refractivity contribution in [3.63, 3.8) is 0 Å². The molecule has 2 fully saturated rings. The topological polar surface area (TPSA) is 79.5 Å². The van der Waals surface area contributed by atoms with Gasteiger partial charge < -0.3 is 14.6 Å². The van der Waals surface area contributed by atoms with Crippen LogP contribution >= 0.6 is 0 Å². The fourth-order valence-corrected chi connectivity index (χ4v) is 5.41. The van der Waals surface area contributed by atoms with Gasteiger partial charge in [0, 0.05) is 29.6 Å². The molecule has 0 unspecified atom stereocenters.